The van der Waals surface area contributed by atoms with Crippen LogP contribution in [-0.4, -0.2) is 28.5 Å². The van der Waals surface area contributed by atoms with E-state index >= 15 is 0 Å². The molecular weight excluding hydrogens is 252 g/mol. The lowest BCUT2D eigenvalue weighted by Gasteiger charge is -2.51. The Kier molecular flexibility index (Phi) is 4.00. The molecule has 0 spiro atoms. The van der Waals surface area contributed by atoms with Gasteiger partial charge >= 0.3 is 0 Å². The molecule has 20 heavy (non-hydrogen) atoms. The number of nitrogens with two attached hydrogens (primary N) is 1. The third-order valence-corrected chi connectivity index (χ3v) is 4.52. The normalized spacial score (nSPS) is 24.8. The molecule has 0 amide bonds. The molecule has 3 N–H and O–H groups in total. The molecule has 0 bridgehead atoms. The van der Waals surface area contributed by atoms with Gasteiger partial charge in [0.25, 0.3) is 0 Å². The van der Waals surface area contributed by atoms with Gasteiger partial charge in [-0.15, -0.1) is 0 Å². The van der Waals surface area contributed by atoms with Crippen molar-refractivity contribution in [2.45, 2.75) is 59.1 Å². The zero-order valence-electron chi connectivity index (χ0n) is 13.5. The fourth-order valence-corrected chi connectivity index (χ4v) is 2.94. The highest BCUT2D eigenvalue weighted by Gasteiger charge is 2.49. The maximum absolute atomic E-state index is 6.24. The number of nitrogens with one attached hydrogen (secondary N) is 1. The minimum absolute atomic E-state index is 0.116. The Balaban J connectivity index is 2.13. The molecule has 5 heteroatoms. The van der Waals surface area contributed by atoms with Crippen LogP contribution in [0.5, 0.6) is 0 Å². The van der Waals surface area contributed by atoms with Crippen LogP contribution >= 0.6 is 0 Å². The first-order valence-corrected chi connectivity index (χ1v) is 7.49. The molecular formula is C15H28N4O. The van der Waals surface area contributed by atoms with Crippen LogP contribution in [0, 0.1) is 5.41 Å². The summed E-state index contributed by atoms with van der Waals surface area (Å²) in [7, 11) is 1.94. The molecule has 1 aromatic heterocycles. The standard InChI is InChI=1S/C15H28N4O/c1-7-20-11-8-10(15(11,4)5)17-14-12(16)13(9(2)3)18-19(14)6/h9-11,17H,7-8,16H2,1-6H3. The third kappa shape index (κ3) is 2.39. The van der Waals surface area contributed by atoms with Gasteiger partial charge in [-0.05, 0) is 19.3 Å². The van der Waals surface area contributed by atoms with Crippen molar-refractivity contribution in [2.24, 2.45) is 12.5 Å². The van der Waals surface area contributed by atoms with Gasteiger partial charge in [0.05, 0.1) is 17.5 Å². The minimum atomic E-state index is 0.116. The molecule has 5 nitrogen and oxygen atoms in total. The quantitative estimate of drug-likeness (QED) is 0.870. The minimum Gasteiger partial charge on any atom is -0.394 e. The van der Waals surface area contributed by atoms with E-state index in [0.717, 1.165) is 30.2 Å². The predicted molar refractivity (Wildman–Crippen MR) is 82.9 cm³/mol. The number of hydrogen-bond donors (Lipinski definition) is 2. The second-order valence-corrected chi connectivity index (χ2v) is 6.62. The van der Waals surface area contributed by atoms with Crippen LogP contribution in [0.4, 0.5) is 11.5 Å². The summed E-state index contributed by atoms with van der Waals surface area (Å²) in [6.45, 7) is 11.5. The summed E-state index contributed by atoms with van der Waals surface area (Å²) in [5.74, 6) is 1.27. The van der Waals surface area contributed by atoms with Gasteiger partial charge in [0, 0.05) is 25.1 Å². The SMILES string of the molecule is CCOC1CC(Nc2c(N)c(C(C)C)nn2C)C1(C)C. The van der Waals surface area contributed by atoms with Crippen molar-refractivity contribution in [3.05, 3.63) is 5.69 Å². The van der Waals surface area contributed by atoms with E-state index in [1.165, 1.54) is 0 Å². The molecule has 1 fully saturated rings. The summed E-state index contributed by atoms with van der Waals surface area (Å²) in [4.78, 5) is 0. The average Bonchev–Trinajstić information content (AvgIpc) is 2.65. The fourth-order valence-electron chi connectivity index (χ4n) is 2.94. The summed E-state index contributed by atoms with van der Waals surface area (Å²) in [6.07, 6.45) is 1.34. The molecule has 1 heterocycles. The lowest BCUT2D eigenvalue weighted by Crippen LogP contribution is -2.58. The molecule has 1 aromatic rings. The second-order valence-electron chi connectivity index (χ2n) is 6.62. The van der Waals surface area contributed by atoms with E-state index < -0.39 is 0 Å². The fraction of sp³-hybridized carbons (Fsp3) is 0.800. The molecule has 0 saturated heterocycles. The maximum atomic E-state index is 6.24. The monoisotopic (exact) mass is 280 g/mol. The van der Waals surface area contributed by atoms with E-state index in [4.69, 9.17) is 10.5 Å². The van der Waals surface area contributed by atoms with Crippen LogP contribution in [0.1, 0.15) is 52.7 Å². The van der Waals surface area contributed by atoms with Gasteiger partial charge < -0.3 is 15.8 Å². The summed E-state index contributed by atoms with van der Waals surface area (Å²) in [5, 5.41) is 8.09. The summed E-state index contributed by atoms with van der Waals surface area (Å²) in [6, 6.07) is 0.372. The van der Waals surface area contributed by atoms with Crippen LogP contribution in [0.2, 0.25) is 0 Å². The zero-order valence-corrected chi connectivity index (χ0v) is 13.5. The van der Waals surface area contributed by atoms with Crippen LogP contribution in [0.15, 0.2) is 0 Å². The first-order chi connectivity index (χ1) is 9.28. The Hall–Kier alpha value is -1.23. The van der Waals surface area contributed by atoms with Crippen molar-refractivity contribution >= 4 is 11.5 Å². The number of nitrogen functional groups attached to an aromatic ring is 1. The molecule has 114 valence electrons. The molecule has 1 aliphatic rings. The van der Waals surface area contributed by atoms with Crippen molar-refractivity contribution in [1.29, 1.82) is 0 Å². The van der Waals surface area contributed by atoms with Gasteiger partial charge in [-0.2, -0.15) is 5.10 Å². The number of nitrogens with zero attached hydrogens (tertiary/aromatic N) is 2. The summed E-state index contributed by atoms with van der Waals surface area (Å²) >= 11 is 0. The lowest BCUT2D eigenvalue weighted by molar-refractivity contribution is -0.0977. The van der Waals surface area contributed by atoms with Gasteiger partial charge in [0.2, 0.25) is 0 Å². The first kappa shape index (κ1) is 15.2. The van der Waals surface area contributed by atoms with E-state index in [0.29, 0.717) is 18.1 Å². The molecule has 2 atom stereocenters. The van der Waals surface area contributed by atoms with Gasteiger partial charge in [0.15, 0.2) is 0 Å². The van der Waals surface area contributed by atoms with E-state index in [1.54, 1.807) is 0 Å². The highest BCUT2D eigenvalue weighted by Crippen LogP contribution is 2.45. The molecule has 0 radical (unpaired) electrons. The Morgan fingerprint density at radius 1 is 1.50 bits per heavy atom. The molecule has 1 saturated carbocycles. The van der Waals surface area contributed by atoms with Crippen molar-refractivity contribution in [1.82, 2.24) is 9.78 Å². The lowest BCUT2D eigenvalue weighted by atomic mass is 9.64. The maximum Gasteiger partial charge on any atom is 0.148 e. The largest absolute Gasteiger partial charge is 0.394 e. The van der Waals surface area contributed by atoms with Gasteiger partial charge in [-0.25, -0.2) is 0 Å². The molecule has 0 aromatic carbocycles. The van der Waals surface area contributed by atoms with Crippen LogP contribution in [0.3, 0.4) is 0 Å². The highest BCUT2D eigenvalue weighted by molar-refractivity contribution is 5.66. The van der Waals surface area contributed by atoms with Crippen LogP contribution in [-0.2, 0) is 11.8 Å². The number of aryl methyl sites for hydroxylation is 1. The summed E-state index contributed by atoms with van der Waals surface area (Å²) < 4.78 is 7.63. The van der Waals surface area contributed by atoms with Crippen molar-refractivity contribution in [2.75, 3.05) is 17.7 Å². The number of hydrogen-bond acceptors (Lipinski definition) is 4. The second kappa shape index (κ2) is 5.28. The topological polar surface area (TPSA) is 65.1 Å². The number of rotatable bonds is 5. The Bertz CT molecular complexity index is 478. The average molecular weight is 280 g/mol. The number of ether oxygens (including phenoxy) is 1. The van der Waals surface area contributed by atoms with Crippen LogP contribution < -0.4 is 11.1 Å². The van der Waals surface area contributed by atoms with Gasteiger partial charge in [0.1, 0.15) is 5.82 Å². The van der Waals surface area contributed by atoms with E-state index in [9.17, 15) is 0 Å². The van der Waals surface area contributed by atoms with Crippen molar-refractivity contribution in [3.8, 4) is 0 Å². The molecule has 0 aliphatic heterocycles. The predicted octanol–water partition coefficient (Wildman–Crippen LogP) is 2.74. The first-order valence-electron chi connectivity index (χ1n) is 7.49. The Labute approximate surface area is 121 Å². The van der Waals surface area contributed by atoms with E-state index in [2.05, 4.69) is 38.1 Å². The third-order valence-electron chi connectivity index (χ3n) is 4.52. The number of aromatic nitrogens is 2. The Morgan fingerprint density at radius 3 is 2.60 bits per heavy atom. The smallest absolute Gasteiger partial charge is 0.148 e. The summed E-state index contributed by atoms with van der Waals surface area (Å²) in [5.41, 5.74) is 8.10. The zero-order chi connectivity index (χ0) is 15.1. The Morgan fingerprint density at radius 2 is 2.15 bits per heavy atom. The van der Waals surface area contributed by atoms with Gasteiger partial charge in [-0.3, -0.25) is 4.68 Å². The van der Waals surface area contributed by atoms with Crippen molar-refractivity contribution < 1.29 is 4.74 Å². The van der Waals surface area contributed by atoms with Gasteiger partial charge in [-0.1, -0.05) is 27.7 Å². The van der Waals surface area contributed by atoms with Crippen molar-refractivity contribution in [3.63, 3.8) is 0 Å². The van der Waals surface area contributed by atoms with E-state index in [1.807, 2.05) is 18.7 Å². The van der Waals surface area contributed by atoms with E-state index in [-0.39, 0.29) is 5.41 Å². The molecule has 2 rings (SSSR count). The molecule has 2 unspecified atom stereocenters. The van der Waals surface area contributed by atoms with Crippen LogP contribution in [0.25, 0.3) is 0 Å². The number of anilines is 2. The molecule has 1 aliphatic carbocycles. The highest BCUT2D eigenvalue weighted by atomic mass is 16.5.